The van der Waals surface area contributed by atoms with Crippen molar-refractivity contribution >= 4 is 9.04 Å². The molecule has 0 unspecified atom stereocenters. The predicted molar refractivity (Wildman–Crippen MR) is 64.6 cm³/mol. The van der Waals surface area contributed by atoms with Crippen molar-refractivity contribution in [1.29, 1.82) is 0 Å². The van der Waals surface area contributed by atoms with Crippen LogP contribution in [0.3, 0.4) is 0 Å². The van der Waals surface area contributed by atoms with E-state index in [9.17, 15) is 0 Å². The molecule has 1 aromatic carbocycles. The molecule has 0 fully saturated rings. The van der Waals surface area contributed by atoms with Crippen molar-refractivity contribution in [2.75, 3.05) is 0 Å². The molecule has 0 N–H and O–H groups in total. The van der Waals surface area contributed by atoms with Gasteiger partial charge in [0.2, 0.25) is 9.04 Å². The van der Waals surface area contributed by atoms with Gasteiger partial charge in [0.1, 0.15) is 5.75 Å². The summed E-state index contributed by atoms with van der Waals surface area (Å²) in [5.74, 6) is 1.11. The van der Waals surface area contributed by atoms with Gasteiger partial charge < -0.3 is 4.43 Å². The summed E-state index contributed by atoms with van der Waals surface area (Å²) in [6, 6.07) is 8.43. The molecular weight excluding hydrogens is 188 g/mol. The second-order valence-electron chi connectivity index (χ2n) is 3.88. The Labute approximate surface area is 88.8 Å². The van der Waals surface area contributed by atoms with Gasteiger partial charge in [-0.05, 0) is 37.6 Å². The summed E-state index contributed by atoms with van der Waals surface area (Å²) in [6.45, 7) is 6.63. The van der Waals surface area contributed by atoms with Crippen molar-refractivity contribution in [3.05, 3.63) is 29.8 Å². The van der Waals surface area contributed by atoms with E-state index < -0.39 is 9.04 Å². The van der Waals surface area contributed by atoms with Gasteiger partial charge in [-0.25, -0.2) is 0 Å². The topological polar surface area (TPSA) is 9.23 Å². The zero-order valence-electron chi connectivity index (χ0n) is 9.42. The van der Waals surface area contributed by atoms with Gasteiger partial charge in [-0.2, -0.15) is 0 Å². The maximum Gasteiger partial charge on any atom is 0.229 e. The van der Waals surface area contributed by atoms with E-state index >= 15 is 0 Å². The van der Waals surface area contributed by atoms with Crippen LogP contribution in [-0.2, 0) is 6.42 Å². The molecule has 0 atom stereocenters. The van der Waals surface area contributed by atoms with Crippen LogP contribution in [0, 0.1) is 0 Å². The molecule has 14 heavy (non-hydrogen) atoms. The Morgan fingerprint density at radius 3 is 2.57 bits per heavy atom. The van der Waals surface area contributed by atoms with E-state index in [4.69, 9.17) is 4.43 Å². The van der Waals surface area contributed by atoms with Crippen molar-refractivity contribution in [2.24, 2.45) is 0 Å². The zero-order chi connectivity index (χ0) is 10.4. The molecule has 1 nitrogen and oxygen atoms in total. The van der Waals surface area contributed by atoms with Gasteiger partial charge in [-0.15, -0.1) is 0 Å². The van der Waals surface area contributed by atoms with Crippen molar-refractivity contribution in [3.8, 4) is 5.75 Å². The van der Waals surface area contributed by atoms with E-state index in [-0.39, 0.29) is 0 Å². The number of hydrogen-bond acceptors (Lipinski definition) is 1. The normalized spacial score (nSPS) is 10.6. The first-order valence-electron chi connectivity index (χ1n) is 5.48. The number of unbranched alkanes of at least 4 members (excludes halogenated alkanes) is 1. The molecule has 0 saturated heterocycles. The standard InChI is InChI=1S/C12H20OSi/c1-4-5-8-11-9-6-7-10-12(11)13-14(2)3/h6-7,9-10,14H,4-5,8H2,1-3H3. The van der Waals surface area contributed by atoms with E-state index in [2.05, 4.69) is 44.3 Å². The molecule has 0 aliphatic rings. The summed E-state index contributed by atoms with van der Waals surface area (Å²) in [5, 5.41) is 0. The summed E-state index contributed by atoms with van der Waals surface area (Å²) >= 11 is 0. The van der Waals surface area contributed by atoms with Gasteiger partial charge in [0.25, 0.3) is 0 Å². The van der Waals surface area contributed by atoms with Crippen molar-refractivity contribution in [3.63, 3.8) is 0 Å². The maximum absolute atomic E-state index is 5.88. The minimum atomic E-state index is -0.959. The summed E-state index contributed by atoms with van der Waals surface area (Å²) < 4.78 is 5.88. The molecule has 0 bridgehead atoms. The lowest BCUT2D eigenvalue weighted by molar-refractivity contribution is 0.568. The van der Waals surface area contributed by atoms with E-state index in [1.807, 2.05) is 0 Å². The number of hydrogen-bond donors (Lipinski definition) is 0. The molecule has 0 aromatic heterocycles. The van der Waals surface area contributed by atoms with Crippen molar-refractivity contribution in [1.82, 2.24) is 0 Å². The molecule has 0 heterocycles. The quantitative estimate of drug-likeness (QED) is 0.674. The highest BCUT2D eigenvalue weighted by Gasteiger charge is 2.04. The van der Waals surface area contributed by atoms with Gasteiger partial charge in [0, 0.05) is 0 Å². The average molecular weight is 208 g/mol. The number of aryl methyl sites for hydroxylation is 1. The number of para-hydroxylation sites is 1. The highest BCUT2D eigenvalue weighted by atomic mass is 28.3. The van der Waals surface area contributed by atoms with Gasteiger partial charge in [0.15, 0.2) is 0 Å². The molecule has 78 valence electrons. The molecule has 2 heteroatoms. The molecule has 1 aromatic rings. The molecule has 0 amide bonds. The first-order chi connectivity index (χ1) is 6.74. The molecule has 0 saturated carbocycles. The second kappa shape index (κ2) is 5.86. The lowest BCUT2D eigenvalue weighted by atomic mass is 10.1. The summed E-state index contributed by atoms with van der Waals surface area (Å²) in [4.78, 5) is 0. The minimum absolute atomic E-state index is 0.959. The van der Waals surface area contributed by atoms with Crippen LogP contribution in [0.5, 0.6) is 5.75 Å². The third-order valence-corrected chi connectivity index (χ3v) is 2.86. The Morgan fingerprint density at radius 1 is 1.21 bits per heavy atom. The largest absolute Gasteiger partial charge is 0.547 e. The maximum atomic E-state index is 5.88. The number of benzene rings is 1. The van der Waals surface area contributed by atoms with Crippen LogP contribution in [0.1, 0.15) is 25.3 Å². The van der Waals surface area contributed by atoms with E-state index in [0.717, 1.165) is 12.2 Å². The lowest BCUT2D eigenvalue weighted by Gasteiger charge is -2.13. The van der Waals surface area contributed by atoms with Crippen LogP contribution in [0.2, 0.25) is 13.1 Å². The molecule has 1 rings (SSSR count). The first kappa shape index (κ1) is 11.3. The third-order valence-electron chi connectivity index (χ3n) is 2.13. The molecule has 0 radical (unpaired) electrons. The second-order valence-corrected chi connectivity index (χ2v) is 6.21. The highest BCUT2D eigenvalue weighted by molar-refractivity contribution is 6.49. The van der Waals surface area contributed by atoms with Gasteiger partial charge in [-0.3, -0.25) is 0 Å². The fourth-order valence-corrected chi connectivity index (χ4v) is 2.18. The number of rotatable bonds is 5. The minimum Gasteiger partial charge on any atom is -0.547 e. The average Bonchev–Trinajstić information content (AvgIpc) is 2.16. The van der Waals surface area contributed by atoms with E-state index in [1.165, 1.54) is 18.4 Å². The Kier molecular flexibility index (Phi) is 4.74. The van der Waals surface area contributed by atoms with Crippen LogP contribution in [-0.4, -0.2) is 9.04 Å². The van der Waals surface area contributed by atoms with Gasteiger partial charge in [-0.1, -0.05) is 31.5 Å². The van der Waals surface area contributed by atoms with Crippen molar-refractivity contribution in [2.45, 2.75) is 39.3 Å². The van der Waals surface area contributed by atoms with Gasteiger partial charge >= 0.3 is 0 Å². The Balaban J connectivity index is 2.69. The molecule has 0 aliphatic heterocycles. The van der Waals surface area contributed by atoms with E-state index in [1.54, 1.807) is 0 Å². The van der Waals surface area contributed by atoms with Crippen LogP contribution >= 0.6 is 0 Å². The smallest absolute Gasteiger partial charge is 0.229 e. The van der Waals surface area contributed by atoms with Crippen LogP contribution in [0.4, 0.5) is 0 Å². The lowest BCUT2D eigenvalue weighted by Crippen LogP contribution is -2.12. The van der Waals surface area contributed by atoms with Crippen LogP contribution in [0.15, 0.2) is 24.3 Å². The van der Waals surface area contributed by atoms with E-state index in [0.29, 0.717) is 0 Å². The monoisotopic (exact) mass is 208 g/mol. The molecule has 0 spiro atoms. The van der Waals surface area contributed by atoms with Gasteiger partial charge in [0.05, 0.1) is 0 Å². The third kappa shape index (κ3) is 3.54. The fourth-order valence-electron chi connectivity index (χ4n) is 1.45. The van der Waals surface area contributed by atoms with Crippen LogP contribution < -0.4 is 4.43 Å². The molecular formula is C12H20OSi. The SMILES string of the molecule is CCCCc1ccccc1O[SiH](C)C. The first-order valence-corrected chi connectivity index (χ1v) is 8.26. The Bertz CT molecular complexity index is 271. The molecule has 0 aliphatic carbocycles. The highest BCUT2D eigenvalue weighted by Crippen LogP contribution is 2.20. The fraction of sp³-hybridized carbons (Fsp3) is 0.500. The van der Waals surface area contributed by atoms with Crippen LogP contribution in [0.25, 0.3) is 0 Å². The predicted octanol–water partition coefficient (Wildman–Crippen LogP) is 3.39. The summed E-state index contributed by atoms with van der Waals surface area (Å²) in [5.41, 5.74) is 1.37. The summed E-state index contributed by atoms with van der Waals surface area (Å²) in [7, 11) is -0.959. The van der Waals surface area contributed by atoms with Crippen molar-refractivity contribution < 1.29 is 4.43 Å². The zero-order valence-corrected chi connectivity index (χ0v) is 10.6. The summed E-state index contributed by atoms with van der Waals surface area (Å²) in [6.07, 6.45) is 3.64. The Morgan fingerprint density at radius 2 is 1.93 bits per heavy atom. The Hall–Kier alpha value is -0.763.